The Morgan fingerprint density at radius 3 is 2.30 bits per heavy atom. The molecule has 1 aliphatic heterocycles. The first-order valence-electron chi connectivity index (χ1n) is 10.6. The summed E-state index contributed by atoms with van der Waals surface area (Å²) in [7, 11) is 1.62. The van der Waals surface area contributed by atoms with Gasteiger partial charge in [-0.05, 0) is 49.5 Å². The molecule has 164 valence electrons. The highest BCUT2D eigenvalue weighted by Gasteiger charge is 2.15. The number of methoxy groups -OCH3 is 1. The topological polar surface area (TPSA) is 83.8 Å². The molecule has 1 saturated heterocycles. The van der Waals surface area contributed by atoms with Gasteiger partial charge in [0.05, 0.1) is 33.0 Å². The Bertz CT molecular complexity index is 719. The molecular weight excluding hydrogens is 382 g/mol. The van der Waals surface area contributed by atoms with Crippen LogP contribution < -0.4 is 10.2 Å². The minimum Gasteiger partial charge on any atom is -0.382 e. The summed E-state index contributed by atoms with van der Waals surface area (Å²) in [5.74, 6) is -0.380. The van der Waals surface area contributed by atoms with E-state index in [-0.39, 0.29) is 11.5 Å². The van der Waals surface area contributed by atoms with Gasteiger partial charge in [-0.15, -0.1) is 0 Å². The zero-order chi connectivity index (χ0) is 21.6. The van der Waals surface area contributed by atoms with E-state index in [0.717, 1.165) is 18.7 Å². The van der Waals surface area contributed by atoms with Gasteiger partial charge in [-0.3, -0.25) is 4.79 Å². The first-order chi connectivity index (χ1) is 14.7. The molecule has 0 aromatic heterocycles. The Hall–Kier alpha value is -2.40. The van der Waals surface area contributed by atoms with Gasteiger partial charge in [0, 0.05) is 32.4 Å². The number of allylic oxidation sites excluding steroid dienone is 1. The minimum atomic E-state index is -0.380. The van der Waals surface area contributed by atoms with Gasteiger partial charge >= 0.3 is 0 Å². The number of benzene rings is 1. The highest BCUT2D eigenvalue weighted by Crippen LogP contribution is 2.24. The lowest BCUT2D eigenvalue weighted by Crippen LogP contribution is -2.29. The van der Waals surface area contributed by atoms with E-state index >= 15 is 0 Å². The number of hydrogen-bond acceptors (Lipinski definition) is 6. The van der Waals surface area contributed by atoms with Crippen molar-refractivity contribution in [2.45, 2.75) is 26.2 Å². The average Bonchev–Trinajstić information content (AvgIpc) is 2.79. The minimum absolute atomic E-state index is 0.128. The van der Waals surface area contributed by atoms with Crippen molar-refractivity contribution < 1.29 is 19.0 Å². The molecule has 0 aliphatic carbocycles. The third-order valence-electron chi connectivity index (χ3n) is 5.07. The van der Waals surface area contributed by atoms with E-state index in [1.807, 2.05) is 25.1 Å². The van der Waals surface area contributed by atoms with Crippen LogP contribution in [0.2, 0.25) is 0 Å². The molecule has 1 amide bonds. The Morgan fingerprint density at radius 1 is 1.03 bits per heavy atom. The summed E-state index contributed by atoms with van der Waals surface area (Å²) in [5, 5.41) is 12.2. The summed E-state index contributed by atoms with van der Waals surface area (Å²) in [6, 6.07) is 10.1. The zero-order valence-electron chi connectivity index (χ0n) is 18.1. The predicted octanol–water partition coefficient (Wildman–Crippen LogP) is 2.77. The van der Waals surface area contributed by atoms with Gasteiger partial charge in [-0.1, -0.05) is 12.1 Å². The Morgan fingerprint density at radius 2 is 1.67 bits per heavy atom. The number of nitriles is 1. The van der Waals surface area contributed by atoms with Crippen LogP contribution in [0.5, 0.6) is 0 Å². The number of amides is 1. The summed E-state index contributed by atoms with van der Waals surface area (Å²) in [6.45, 7) is 6.69. The monoisotopic (exact) mass is 415 g/mol. The van der Waals surface area contributed by atoms with Gasteiger partial charge in [0.1, 0.15) is 11.6 Å². The van der Waals surface area contributed by atoms with E-state index in [9.17, 15) is 10.1 Å². The highest BCUT2D eigenvalue weighted by atomic mass is 16.5. The fourth-order valence-electron chi connectivity index (χ4n) is 3.31. The molecule has 1 N–H and O–H groups in total. The maximum Gasteiger partial charge on any atom is 0.262 e. The Kier molecular flexibility index (Phi) is 10.9. The fourth-order valence-corrected chi connectivity index (χ4v) is 3.31. The summed E-state index contributed by atoms with van der Waals surface area (Å²) in [6.07, 6.45) is 3.75. The molecule has 1 heterocycles. The van der Waals surface area contributed by atoms with E-state index < -0.39 is 0 Å². The summed E-state index contributed by atoms with van der Waals surface area (Å²) >= 11 is 0. The molecular formula is C23H33N3O4. The molecule has 1 aromatic rings. The van der Waals surface area contributed by atoms with Crippen molar-refractivity contribution in [3.63, 3.8) is 0 Å². The maximum absolute atomic E-state index is 12.4. The molecule has 7 nitrogen and oxygen atoms in total. The number of nitrogens with zero attached hydrogens (tertiary/aromatic N) is 2. The number of rotatable bonds is 12. The normalized spacial score (nSPS) is 14.8. The molecule has 1 fully saturated rings. The molecule has 1 aromatic carbocycles. The van der Waals surface area contributed by atoms with Crippen molar-refractivity contribution >= 4 is 17.2 Å². The van der Waals surface area contributed by atoms with Crippen molar-refractivity contribution in [3.05, 3.63) is 35.4 Å². The lowest BCUT2D eigenvalue weighted by molar-refractivity contribution is -0.117. The highest BCUT2D eigenvalue weighted by molar-refractivity contribution is 6.04. The maximum atomic E-state index is 12.4. The number of ether oxygens (including phenoxy) is 3. The van der Waals surface area contributed by atoms with Crippen molar-refractivity contribution in [3.8, 4) is 6.07 Å². The van der Waals surface area contributed by atoms with Crippen LogP contribution in [0.25, 0.3) is 5.57 Å². The third kappa shape index (κ3) is 7.79. The van der Waals surface area contributed by atoms with E-state index in [0.29, 0.717) is 45.2 Å². The van der Waals surface area contributed by atoms with Crippen molar-refractivity contribution in [2.24, 2.45) is 0 Å². The Labute approximate surface area is 179 Å². The lowest BCUT2D eigenvalue weighted by Gasteiger charge is -2.28. The van der Waals surface area contributed by atoms with Crippen molar-refractivity contribution in [1.29, 1.82) is 5.26 Å². The number of anilines is 1. The number of piperidine rings is 1. The van der Waals surface area contributed by atoms with E-state index in [1.165, 1.54) is 24.9 Å². The van der Waals surface area contributed by atoms with Gasteiger partial charge in [0.15, 0.2) is 0 Å². The number of nitrogens with one attached hydrogen (secondary N) is 1. The number of hydrogen-bond donors (Lipinski definition) is 1. The van der Waals surface area contributed by atoms with E-state index in [1.54, 1.807) is 7.11 Å². The van der Waals surface area contributed by atoms with Crippen molar-refractivity contribution in [2.75, 3.05) is 64.7 Å². The van der Waals surface area contributed by atoms with Gasteiger partial charge in [0.25, 0.3) is 5.91 Å². The lowest BCUT2D eigenvalue weighted by atomic mass is 10.0. The van der Waals surface area contributed by atoms with Crippen LogP contribution in [-0.4, -0.2) is 65.7 Å². The Balaban J connectivity index is 1.81. The fraction of sp³-hybridized carbons (Fsp3) is 0.565. The van der Waals surface area contributed by atoms with Crippen LogP contribution in [-0.2, 0) is 19.0 Å². The van der Waals surface area contributed by atoms with Crippen LogP contribution >= 0.6 is 0 Å². The molecule has 0 saturated carbocycles. The van der Waals surface area contributed by atoms with Gasteiger partial charge in [0.2, 0.25) is 0 Å². The van der Waals surface area contributed by atoms with E-state index in [2.05, 4.69) is 22.3 Å². The SMILES string of the molecule is COCCOCCOCCNC(=O)C(C#N)=C(C)c1ccc(N2CCCCC2)cc1. The molecule has 7 heteroatoms. The van der Waals surface area contributed by atoms with Crippen molar-refractivity contribution in [1.82, 2.24) is 5.32 Å². The van der Waals surface area contributed by atoms with Crippen LogP contribution in [0.4, 0.5) is 5.69 Å². The first-order valence-corrected chi connectivity index (χ1v) is 10.6. The van der Waals surface area contributed by atoms with Gasteiger partial charge < -0.3 is 24.4 Å². The first kappa shape index (κ1) is 23.9. The second-order valence-corrected chi connectivity index (χ2v) is 7.18. The molecule has 2 rings (SSSR count). The third-order valence-corrected chi connectivity index (χ3v) is 5.07. The second kappa shape index (κ2) is 13.8. The summed E-state index contributed by atoms with van der Waals surface area (Å²) in [5.41, 5.74) is 2.88. The largest absolute Gasteiger partial charge is 0.382 e. The number of carbonyl (C=O) groups excluding carboxylic acids is 1. The number of carbonyl (C=O) groups is 1. The molecule has 1 aliphatic rings. The second-order valence-electron chi connectivity index (χ2n) is 7.18. The van der Waals surface area contributed by atoms with Gasteiger partial charge in [-0.25, -0.2) is 0 Å². The summed E-state index contributed by atoms with van der Waals surface area (Å²) in [4.78, 5) is 14.8. The molecule has 0 atom stereocenters. The van der Waals surface area contributed by atoms with Crippen LogP contribution in [0.1, 0.15) is 31.7 Å². The summed E-state index contributed by atoms with van der Waals surface area (Å²) < 4.78 is 15.6. The molecule has 0 radical (unpaired) electrons. The van der Waals surface area contributed by atoms with E-state index in [4.69, 9.17) is 14.2 Å². The zero-order valence-corrected chi connectivity index (χ0v) is 18.1. The van der Waals surface area contributed by atoms with Crippen LogP contribution in [0, 0.1) is 11.3 Å². The van der Waals surface area contributed by atoms with Crippen LogP contribution in [0.15, 0.2) is 29.8 Å². The predicted molar refractivity (Wildman–Crippen MR) is 117 cm³/mol. The molecule has 30 heavy (non-hydrogen) atoms. The molecule has 0 bridgehead atoms. The quantitative estimate of drug-likeness (QED) is 0.321. The van der Waals surface area contributed by atoms with Gasteiger partial charge in [-0.2, -0.15) is 5.26 Å². The molecule has 0 spiro atoms. The molecule has 0 unspecified atom stereocenters. The standard InChI is InChI=1S/C23H33N3O4/c1-19(20-6-8-21(9-7-20)26-11-4-3-5-12-26)22(18-24)23(27)25-10-13-29-16-17-30-15-14-28-2/h6-9H,3-5,10-17H2,1-2H3,(H,25,27). The smallest absolute Gasteiger partial charge is 0.262 e. The average molecular weight is 416 g/mol. The van der Waals surface area contributed by atoms with Crippen LogP contribution in [0.3, 0.4) is 0 Å².